The molecule has 0 aromatic heterocycles. The Morgan fingerprint density at radius 2 is 2.29 bits per heavy atom. The van der Waals surface area contributed by atoms with Crippen molar-refractivity contribution in [1.82, 2.24) is 0 Å². The Morgan fingerprint density at radius 3 is 2.94 bits per heavy atom. The van der Waals surface area contributed by atoms with E-state index in [4.69, 9.17) is 0 Å². The zero-order valence-electron chi connectivity index (χ0n) is 9.93. The average Bonchev–Trinajstić information content (AvgIpc) is 2.76. The number of rotatable bonds is 3. The van der Waals surface area contributed by atoms with Gasteiger partial charge in [0.15, 0.2) is 0 Å². The lowest BCUT2D eigenvalue weighted by Gasteiger charge is -2.28. The highest BCUT2D eigenvalue weighted by molar-refractivity contribution is 5.56. The SMILES string of the molecule is C[C@@H](O)c1cc(F)ccc1N1CCCC1CO. The summed E-state index contributed by atoms with van der Waals surface area (Å²) in [5.74, 6) is -0.343. The monoisotopic (exact) mass is 239 g/mol. The summed E-state index contributed by atoms with van der Waals surface area (Å²) < 4.78 is 13.2. The lowest BCUT2D eigenvalue weighted by Crippen LogP contribution is -2.33. The van der Waals surface area contributed by atoms with Gasteiger partial charge in [0.05, 0.1) is 18.8 Å². The summed E-state index contributed by atoms with van der Waals surface area (Å²) in [6.07, 6.45) is 1.25. The van der Waals surface area contributed by atoms with Gasteiger partial charge in [-0.05, 0) is 38.0 Å². The Balaban J connectivity index is 2.37. The largest absolute Gasteiger partial charge is 0.394 e. The van der Waals surface area contributed by atoms with Crippen LogP contribution in [0.4, 0.5) is 10.1 Å². The van der Waals surface area contributed by atoms with Crippen LogP contribution in [0.15, 0.2) is 18.2 Å². The maximum Gasteiger partial charge on any atom is 0.123 e. The molecule has 17 heavy (non-hydrogen) atoms. The van der Waals surface area contributed by atoms with Gasteiger partial charge in [0.1, 0.15) is 5.82 Å². The number of hydrogen-bond acceptors (Lipinski definition) is 3. The Labute approximate surface area is 100 Å². The molecule has 0 saturated carbocycles. The van der Waals surface area contributed by atoms with E-state index in [1.54, 1.807) is 13.0 Å². The van der Waals surface area contributed by atoms with Crippen molar-refractivity contribution in [1.29, 1.82) is 0 Å². The second-order valence-electron chi connectivity index (χ2n) is 4.55. The minimum Gasteiger partial charge on any atom is -0.394 e. The fourth-order valence-electron chi connectivity index (χ4n) is 2.46. The molecule has 1 aliphatic heterocycles. The van der Waals surface area contributed by atoms with E-state index < -0.39 is 6.10 Å². The zero-order valence-corrected chi connectivity index (χ0v) is 9.93. The van der Waals surface area contributed by atoms with Crippen molar-refractivity contribution in [2.45, 2.75) is 31.9 Å². The minimum absolute atomic E-state index is 0.0814. The molecule has 1 saturated heterocycles. The average molecular weight is 239 g/mol. The molecule has 94 valence electrons. The summed E-state index contributed by atoms with van der Waals surface area (Å²) >= 11 is 0. The molecule has 1 aromatic carbocycles. The van der Waals surface area contributed by atoms with Gasteiger partial charge >= 0.3 is 0 Å². The summed E-state index contributed by atoms with van der Waals surface area (Å²) in [5.41, 5.74) is 1.42. The Kier molecular flexibility index (Phi) is 3.64. The molecule has 1 unspecified atom stereocenters. The summed E-state index contributed by atoms with van der Waals surface area (Å²) in [4.78, 5) is 2.06. The molecule has 0 amide bonds. The molecule has 2 N–H and O–H groups in total. The Bertz CT molecular complexity index is 395. The van der Waals surface area contributed by atoms with Gasteiger partial charge in [-0.3, -0.25) is 0 Å². The van der Waals surface area contributed by atoms with E-state index >= 15 is 0 Å². The minimum atomic E-state index is -0.708. The fraction of sp³-hybridized carbons (Fsp3) is 0.538. The topological polar surface area (TPSA) is 43.7 Å². The summed E-state index contributed by atoms with van der Waals surface area (Å²) in [5, 5.41) is 19.0. The fourth-order valence-corrected chi connectivity index (χ4v) is 2.46. The van der Waals surface area contributed by atoms with Gasteiger partial charge in [0.2, 0.25) is 0 Å². The highest BCUT2D eigenvalue weighted by Crippen LogP contribution is 2.32. The second kappa shape index (κ2) is 5.02. The van der Waals surface area contributed by atoms with E-state index in [2.05, 4.69) is 4.90 Å². The van der Waals surface area contributed by atoms with Crippen LogP contribution < -0.4 is 4.90 Å². The molecule has 3 nitrogen and oxygen atoms in total. The van der Waals surface area contributed by atoms with Crippen molar-refractivity contribution in [3.8, 4) is 0 Å². The molecule has 2 atom stereocenters. The molecule has 1 aromatic rings. The number of halogens is 1. The van der Waals surface area contributed by atoms with Crippen LogP contribution in [0.5, 0.6) is 0 Å². The van der Waals surface area contributed by atoms with Crippen molar-refractivity contribution in [2.24, 2.45) is 0 Å². The van der Waals surface area contributed by atoms with Crippen LogP contribution in [0.1, 0.15) is 31.4 Å². The van der Waals surface area contributed by atoms with E-state index in [0.717, 1.165) is 25.1 Å². The molecule has 1 fully saturated rings. The van der Waals surface area contributed by atoms with Gasteiger partial charge in [-0.15, -0.1) is 0 Å². The highest BCUT2D eigenvalue weighted by atomic mass is 19.1. The van der Waals surface area contributed by atoms with Crippen molar-refractivity contribution in [3.63, 3.8) is 0 Å². The quantitative estimate of drug-likeness (QED) is 0.846. The first-order valence-corrected chi connectivity index (χ1v) is 5.98. The van der Waals surface area contributed by atoms with Gasteiger partial charge in [0.25, 0.3) is 0 Å². The third-order valence-corrected chi connectivity index (χ3v) is 3.34. The van der Waals surface area contributed by atoms with Crippen molar-refractivity contribution in [3.05, 3.63) is 29.6 Å². The van der Waals surface area contributed by atoms with Crippen LogP contribution in [0.3, 0.4) is 0 Å². The lowest BCUT2D eigenvalue weighted by molar-refractivity contribution is 0.198. The van der Waals surface area contributed by atoms with Gasteiger partial charge in [-0.2, -0.15) is 0 Å². The molecule has 0 aliphatic carbocycles. The van der Waals surface area contributed by atoms with Crippen molar-refractivity contribution >= 4 is 5.69 Å². The highest BCUT2D eigenvalue weighted by Gasteiger charge is 2.26. The van der Waals surface area contributed by atoms with Crippen LogP contribution >= 0.6 is 0 Å². The lowest BCUT2D eigenvalue weighted by atomic mass is 10.1. The second-order valence-corrected chi connectivity index (χ2v) is 4.55. The first kappa shape index (κ1) is 12.3. The molecule has 0 radical (unpaired) electrons. The molecule has 4 heteroatoms. The number of nitrogens with zero attached hydrogens (tertiary/aromatic N) is 1. The van der Waals surface area contributed by atoms with E-state index in [-0.39, 0.29) is 18.5 Å². The normalized spacial score (nSPS) is 21.9. The predicted molar refractivity (Wildman–Crippen MR) is 64.5 cm³/mol. The Hall–Kier alpha value is -1.13. The smallest absolute Gasteiger partial charge is 0.123 e. The standard InChI is InChI=1S/C13H18FNO2/c1-9(17)12-7-10(14)4-5-13(12)15-6-2-3-11(15)8-16/h4-5,7,9,11,16-17H,2-3,6,8H2,1H3/t9-,11?/m1/s1. The Morgan fingerprint density at radius 1 is 1.53 bits per heavy atom. The van der Waals surface area contributed by atoms with E-state index in [9.17, 15) is 14.6 Å². The van der Waals surface area contributed by atoms with E-state index in [1.165, 1.54) is 12.1 Å². The molecule has 1 aliphatic rings. The predicted octanol–water partition coefficient (Wildman–Crippen LogP) is 1.84. The molecule has 0 bridgehead atoms. The third-order valence-electron chi connectivity index (χ3n) is 3.34. The van der Waals surface area contributed by atoms with Crippen LogP contribution in [-0.2, 0) is 0 Å². The molecule has 0 spiro atoms. The maximum atomic E-state index is 13.2. The van der Waals surface area contributed by atoms with Crippen LogP contribution in [-0.4, -0.2) is 29.4 Å². The molecular weight excluding hydrogens is 221 g/mol. The first-order valence-electron chi connectivity index (χ1n) is 5.98. The van der Waals surface area contributed by atoms with Crippen LogP contribution in [0.2, 0.25) is 0 Å². The van der Waals surface area contributed by atoms with E-state index in [0.29, 0.717) is 5.56 Å². The van der Waals surface area contributed by atoms with Gasteiger partial charge in [-0.25, -0.2) is 4.39 Å². The number of hydrogen-bond donors (Lipinski definition) is 2. The van der Waals surface area contributed by atoms with Crippen molar-refractivity contribution in [2.75, 3.05) is 18.1 Å². The van der Waals surface area contributed by atoms with Gasteiger partial charge < -0.3 is 15.1 Å². The first-order chi connectivity index (χ1) is 8.13. The van der Waals surface area contributed by atoms with Crippen molar-refractivity contribution < 1.29 is 14.6 Å². The summed E-state index contributed by atoms with van der Waals surface area (Å²) in [7, 11) is 0. The molecule has 2 rings (SSSR count). The molecule has 1 heterocycles. The number of aliphatic hydroxyl groups excluding tert-OH is 2. The van der Waals surface area contributed by atoms with Gasteiger partial charge in [0, 0.05) is 17.8 Å². The zero-order chi connectivity index (χ0) is 12.4. The third kappa shape index (κ3) is 2.42. The maximum absolute atomic E-state index is 13.2. The summed E-state index contributed by atoms with van der Waals surface area (Å²) in [6, 6.07) is 4.53. The number of benzene rings is 1. The van der Waals surface area contributed by atoms with E-state index in [1.807, 2.05) is 0 Å². The number of anilines is 1. The van der Waals surface area contributed by atoms with Crippen LogP contribution in [0, 0.1) is 5.82 Å². The van der Waals surface area contributed by atoms with Gasteiger partial charge in [-0.1, -0.05) is 0 Å². The molecular formula is C13H18FNO2. The van der Waals surface area contributed by atoms with Crippen LogP contribution in [0.25, 0.3) is 0 Å². The summed E-state index contributed by atoms with van der Waals surface area (Å²) in [6.45, 7) is 2.56. The number of aliphatic hydroxyl groups is 2.